The first-order valence-corrected chi connectivity index (χ1v) is 6.85. The van der Waals surface area contributed by atoms with Gasteiger partial charge in [0.2, 0.25) is 0 Å². The minimum absolute atomic E-state index is 0.651. The van der Waals surface area contributed by atoms with Crippen molar-refractivity contribution >= 4 is 0 Å². The fourth-order valence-electron chi connectivity index (χ4n) is 2.46. The van der Waals surface area contributed by atoms with Crippen molar-refractivity contribution in [2.45, 2.75) is 39.7 Å². The Kier molecular flexibility index (Phi) is 7.01. The predicted molar refractivity (Wildman–Crippen MR) is 68.8 cm³/mol. The van der Waals surface area contributed by atoms with Crippen LogP contribution in [0, 0.1) is 5.92 Å². The molecular formula is C13H28N2O. The van der Waals surface area contributed by atoms with E-state index in [0.717, 1.165) is 45.3 Å². The van der Waals surface area contributed by atoms with Crippen molar-refractivity contribution in [2.24, 2.45) is 5.92 Å². The van der Waals surface area contributed by atoms with E-state index in [4.69, 9.17) is 4.74 Å². The van der Waals surface area contributed by atoms with Crippen LogP contribution in [0.3, 0.4) is 0 Å². The minimum atomic E-state index is 0.651. The first-order valence-electron chi connectivity index (χ1n) is 6.85. The summed E-state index contributed by atoms with van der Waals surface area (Å²) in [5.74, 6) is 0.738. The lowest BCUT2D eigenvalue weighted by Crippen LogP contribution is -2.41. The molecule has 0 spiro atoms. The smallest absolute Gasteiger partial charge is 0.0509 e. The Morgan fingerprint density at radius 2 is 2.06 bits per heavy atom. The van der Waals surface area contributed by atoms with E-state index >= 15 is 0 Å². The van der Waals surface area contributed by atoms with Gasteiger partial charge in [-0.1, -0.05) is 20.8 Å². The summed E-state index contributed by atoms with van der Waals surface area (Å²) in [4.78, 5) is 2.46. The zero-order valence-electron chi connectivity index (χ0n) is 11.2. The fourth-order valence-corrected chi connectivity index (χ4v) is 2.46. The van der Waals surface area contributed by atoms with Crippen LogP contribution in [0.25, 0.3) is 0 Å². The summed E-state index contributed by atoms with van der Waals surface area (Å²) in [6.07, 6.45) is 2.45. The Morgan fingerprint density at radius 1 is 1.31 bits per heavy atom. The van der Waals surface area contributed by atoms with E-state index < -0.39 is 0 Å². The van der Waals surface area contributed by atoms with Gasteiger partial charge in [0.05, 0.1) is 6.61 Å². The van der Waals surface area contributed by atoms with Crippen LogP contribution in [0.5, 0.6) is 0 Å². The second kappa shape index (κ2) is 8.04. The van der Waals surface area contributed by atoms with Gasteiger partial charge in [0, 0.05) is 25.7 Å². The van der Waals surface area contributed by atoms with Gasteiger partial charge in [-0.05, 0) is 31.8 Å². The summed E-state index contributed by atoms with van der Waals surface area (Å²) >= 11 is 0. The molecule has 96 valence electrons. The van der Waals surface area contributed by atoms with Gasteiger partial charge in [-0.25, -0.2) is 0 Å². The quantitative estimate of drug-likeness (QED) is 0.685. The van der Waals surface area contributed by atoms with E-state index in [1.54, 1.807) is 0 Å². The predicted octanol–water partition coefficient (Wildman–Crippen LogP) is 1.73. The molecule has 0 aromatic carbocycles. The van der Waals surface area contributed by atoms with E-state index in [1.807, 2.05) is 0 Å². The molecule has 2 unspecified atom stereocenters. The third kappa shape index (κ3) is 4.40. The summed E-state index contributed by atoms with van der Waals surface area (Å²) < 4.78 is 5.46. The topological polar surface area (TPSA) is 24.5 Å². The summed E-state index contributed by atoms with van der Waals surface area (Å²) in [7, 11) is 0. The molecule has 3 nitrogen and oxygen atoms in total. The number of hydrogen-bond acceptors (Lipinski definition) is 3. The molecule has 0 bridgehead atoms. The maximum atomic E-state index is 5.46. The van der Waals surface area contributed by atoms with Crippen molar-refractivity contribution < 1.29 is 4.74 Å². The molecule has 0 aromatic rings. The van der Waals surface area contributed by atoms with Gasteiger partial charge in [-0.15, -0.1) is 0 Å². The average Bonchev–Trinajstić information content (AvgIpc) is 2.83. The fraction of sp³-hybridized carbons (Fsp3) is 1.00. The van der Waals surface area contributed by atoms with Gasteiger partial charge in [0.25, 0.3) is 0 Å². The first kappa shape index (κ1) is 13.9. The maximum Gasteiger partial charge on any atom is 0.0509 e. The molecule has 3 heteroatoms. The molecule has 1 aliphatic rings. The Balaban J connectivity index is 2.17. The van der Waals surface area contributed by atoms with Gasteiger partial charge in [0.15, 0.2) is 0 Å². The van der Waals surface area contributed by atoms with Crippen molar-refractivity contribution in [3.05, 3.63) is 0 Å². The van der Waals surface area contributed by atoms with Gasteiger partial charge in [-0.2, -0.15) is 0 Å². The number of rotatable bonds is 8. The number of nitrogens with one attached hydrogen (secondary N) is 1. The summed E-state index contributed by atoms with van der Waals surface area (Å²) in [5.41, 5.74) is 0. The Bertz CT molecular complexity index is 165. The van der Waals surface area contributed by atoms with Gasteiger partial charge < -0.3 is 15.0 Å². The molecule has 0 aliphatic carbocycles. The van der Waals surface area contributed by atoms with Gasteiger partial charge in [0.1, 0.15) is 0 Å². The Morgan fingerprint density at radius 3 is 2.56 bits per heavy atom. The minimum Gasteiger partial charge on any atom is -0.381 e. The van der Waals surface area contributed by atoms with Crippen molar-refractivity contribution in [3.8, 4) is 0 Å². The van der Waals surface area contributed by atoms with Crippen LogP contribution in [0.1, 0.15) is 33.6 Å². The normalized spacial score (nSPS) is 22.9. The van der Waals surface area contributed by atoms with Crippen LogP contribution in [0.15, 0.2) is 0 Å². The summed E-state index contributed by atoms with van der Waals surface area (Å²) in [6, 6.07) is 0.651. The molecular weight excluding hydrogens is 200 g/mol. The van der Waals surface area contributed by atoms with Crippen molar-refractivity contribution in [1.29, 1.82) is 0 Å². The van der Waals surface area contributed by atoms with Crippen molar-refractivity contribution in [1.82, 2.24) is 10.2 Å². The zero-order chi connectivity index (χ0) is 11.8. The highest BCUT2D eigenvalue weighted by Gasteiger charge is 2.23. The molecule has 2 atom stereocenters. The summed E-state index contributed by atoms with van der Waals surface area (Å²) in [5, 5.41) is 3.69. The monoisotopic (exact) mass is 228 g/mol. The van der Waals surface area contributed by atoms with Gasteiger partial charge >= 0.3 is 0 Å². The molecule has 1 fully saturated rings. The molecule has 1 rings (SSSR count). The molecule has 0 saturated carbocycles. The van der Waals surface area contributed by atoms with Crippen LogP contribution in [-0.4, -0.2) is 50.3 Å². The lowest BCUT2D eigenvalue weighted by atomic mass is 9.97. The molecule has 1 saturated heterocycles. The molecule has 16 heavy (non-hydrogen) atoms. The lowest BCUT2D eigenvalue weighted by Gasteiger charge is -2.25. The maximum absolute atomic E-state index is 5.46. The SMILES string of the molecule is CCC(NCCN(CC)CC)C1CCOC1. The molecule has 0 aromatic heterocycles. The van der Waals surface area contributed by atoms with E-state index in [1.165, 1.54) is 12.8 Å². The number of ether oxygens (including phenoxy) is 1. The first-order chi connectivity index (χ1) is 7.81. The Labute approximate surface area is 101 Å². The molecule has 0 amide bonds. The number of likely N-dealkylation sites (N-methyl/N-ethyl adjacent to an activating group) is 1. The standard InChI is InChI=1S/C13H28N2O/c1-4-13(12-7-10-16-11-12)14-8-9-15(5-2)6-3/h12-14H,4-11H2,1-3H3. The van der Waals surface area contributed by atoms with Crippen LogP contribution in [-0.2, 0) is 4.74 Å². The Hall–Kier alpha value is -0.120. The van der Waals surface area contributed by atoms with Crippen LogP contribution >= 0.6 is 0 Å². The van der Waals surface area contributed by atoms with E-state index in [-0.39, 0.29) is 0 Å². The average molecular weight is 228 g/mol. The highest BCUT2D eigenvalue weighted by Crippen LogP contribution is 2.18. The largest absolute Gasteiger partial charge is 0.381 e. The number of nitrogens with zero attached hydrogens (tertiary/aromatic N) is 1. The second-order valence-corrected chi connectivity index (χ2v) is 4.62. The van der Waals surface area contributed by atoms with E-state index in [2.05, 4.69) is 31.0 Å². The van der Waals surface area contributed by atoms with Crippen LogP contribution in [0.4, 0.5) is 0 Å². The van der Waals surface area contributed by atoms with Gasteiger partial charge in [-0.3, -0.25) is 0 Å². The highest BCUT2D eigenvalue weighted by atomic mass is 16.5. The van der Waals surface area contributed by atoms with Crippen LogP contribution in [0.2, 0.25) is 0 Å². The van der Waals surface area contributed by atoms with Crippen molar-refractivity contribution in [2.75, 3.05) is 39.4 Å². The molecule has 1 heterocycles. The summed E-state index contributed by atoms with van der Waals surface area (Å²) in [6.45, 7) is 13.2. The molecule has 1 aliphatic heterocycles. The van der Waals surface area contributed by atoms with Crippen molar-refractivity contribution in [3.63, 3.8) is 0 Å². The van der Waals surface area contributed by atoms with E-state index in [0.29, 0.717) is 6.04 Å². The number of hydrogen-bond donors (Lipinski definition) is 1. The third-order valence-corrected chi connectivity index (χ3v) is 3.70. The molecule has 0 radical (unpaired) electrons. The second-order valence-electron chi connectivity index (χ2n) is 4.62. The van der Waals surface area contributed by atoms with E-state index in [9.17, 15) is 0 Å². The molecule has 1 N–H and O–H groups in total. The lowest BCUT2D eigenvalue weighted by molar-refractivity contribution is 0.174. The highest BCUT2D eigenvalue weighted by molar-refractivity contribution is 4.78. The third-order valence-electron chi connectivity index (χ3n) is 3.70. The zero-order valence-corrected chi connectivity index (χ0v) is 11.2. The van der Waals surface area contributed by atoms with Crippen LogP contribution < -0.4 is 5.32 Å².